The van der Waals surface area contributed by atoms with Crippen LogP contribution in [0.5, 0.6) is 5.88 Å². The Balaban J connectivity index is 1.71. The average molecular weight is 420 g/mol. The lowest BCUT2D eigenvalue weighted by Gasteiger charge is -2.33. The van der Waals surface area contributed by atoms with Crippen molar-refractivity contribution in [2.75, 3.05) is 50.2 Å². The standard InChI is InChI=1S/C20H25N3O5S/c1-27-11-12-28-18-8-7-17(15-21-18)22-20(24)19(16-5-3-2-4-6-16)23-9-13-29(25,26)14-10-23/h2-8,15,19H,9-14H2,1H3,(H,22,24). The van der Waals surface area contributed by atoms with Crippen molar-refractivity contribution in [1.29, 1.82) is 0 Å². The molecule has 2 aromatic rings. The van der Waals surface area contributed by atoms with Crippen LogP contribution < -0.4 is 10.1 Å². The SMILES string of the molecule is COCCOc1ccc(NC(=O)C(c2ccccc2)N2CCS(=O)(=O)CC2)cn1. The van der Waals surface area contributed by atoms with Gasteiger partial charge in [0.25, 0.3) is 0 Å². The van der Waals surface area contributed by atoms with Crippen LogP contribution in [0.2, 0.25) is 0 Å². The summed E-state index contributed by atoms with van der Waals surface area (Å²) in [6.45, 7) is 1.49. The third-order valence-electron chi connectivity index (χ3n) is 4.65. The Bertz CT molecular complexity index is 889. The molecule has 0 spiro atoms. The number of hydrogen-bond acceptors (Lipinski definition) is 7. The van der Waals surface area contributed by atoms with Crippen LogP contribution in [-0.2, 0) is 19.4 Å². The van der Waals surface area contributed by atoms with Crippen LogP contribution in [0.4, 0.5) is 5.69 Å². The monoisotopic (exact) mass is 419 g/mol. The van der Waals surface area contributed by atoms with E-state index in [1.54, 1.807) is 19.2 Å². The molecule has 1 aliphatic rings. The van der Waals surface area contributed by atoms with Gasteiger partial charge in [-0.3, -0.25) is 9.69 Å². The molecule has 1 unspecified atom stereocenters. The molecule has 1 aromatic carbocycles. The van der Waals surface area contributed by atoms with Crippen LogP contribution in [0.15, 0.2) is 48.7 Å². The Labute approximate surface area is 170 Å². The van der Waals surface area contributed by atoms with E-state index in [2.05, 4.69) is 10.3 Å². The average Bonchev–Trinajstić information content (AvgIpc) is 2.72. The second kappa shape index (κ2) is 9.82. The molecule has 1 aromatic heterocycles. The van der Waals surface area contributed by atoms with Gasteiger partial charge >= 0.3 is 0 Å². The van der Waals surface area contributed by atoms with Crippen LogP contribution in [0.1, 0.15) is 11.6 Å². The smallest absolute Gasteiger partial charge is 0.246 e. The van der Waals surface area contributed by atoms with E-state index < -0.39 is 15.9 Å². The molecule has 1 saturated heterocycles. The maximum atomic E-state index is 13.1. The fourth-order valence-corrected chi connectivity index (χ4v) is 4.36. The summed E-state index contributed by atoms with van der Waals surface area (Å²) >= 11 is 0. The van der Waals surface area contributed by atoms with Gasteiger partial charge in [-0.25, -0.2) is 13.4 Å². The molecule has 156 valence electrons. The van der Waals surface area contributed by atoms with Gasteiger partial charge in [0.15, 0.2) is 9.84 Å². The summed E-state index contributed by atoms with van der Waals surface area (Å²) in [7, 11) is -1.44. The van der Waals surface area contributed by atoms with Gasteiger partial charge in [0.05, 0.1) is 30.0 Å². The van der Waals surface area contributed by atoms with Gasteiger partial charge in [0.1, 0.15) is 12.6 Å². The van der Waals surface area contributed by atoms with E-state index in [1.165, 1.54) is 6.20 Å². The third kappa shape index (κ3) is 5.99. The Kier molecular flexibility index (Phi) is 7.18. The van der Waals surface area contributed by atoms with Crippen LogP contribution >= 0.6 is 0 Å². The molecule has 1 fully saturated rings. The predicted molar refractivity (Wildman–Crippen MR) is 110 cm³/mol. The Morgan fingerprint density at radius 1 is 1.14 bits per heavy atom. The Hall–Kier alpha value is -2.49. The molecule has 9 heteroatoms. The zero-order chi connectivity index (χ0) is 20.7. The lowest BCUT2D eigenvalue weighted by atomic mass is 10.0. The summed E-state index contributed by atoms with van der Waals surface area (Å²) in [5.41, 5.74) is 1.36. The van der Waals surface area contributed by atoms with Crippen LogP contribution in [0, 0.1) is 0 Å². The number of aromatic nitrogens is 1. The molecule has 0 bridgehead atoms. The maximum Gasteiger partial charge on any atom is 0.246 e. The molecule has 0 saturated carbocycles. The minimum atomic E-state index is -3.04. The highest BCUT2D eigenvalue weighted by Gasteiger charge is 2.32. The van der Waals surface area contributed by atoms with Crippen LogP contribution in [0.25, 0.3) is 0 Å². The highest BCUT2D eigenvalue weighted by atomic mass is 32.2. The molecular weight excluding hydrogens is 394 g/mol. The number of carbonyl (C=O) groups excluding carboxylic acids is 1. The summed E-state index contributed by atoms with van der Waals surface area (Å²) in [4.78, 5) is 19.2. The van der Waals surface area contributed by atoms with E-state index in [0.717, 1.165) is 5.56 Å². The number of pyridine rings is 1. The van der Waals surface area contributed by atoms with Gasteiger partial charge < -0.3 is 14.8 Å². The number of anilines is 1. The first-order valence-corrected chi connectivity index (χ1v) is 11.2. The van der Waals surface area contributed by atoms with Crippen LogP contribution in [-0.4, -0.2) is 69.1 Å². The fourth-order valence-electron chi connectivity index (χ4n) is 3.13. The number of ether oxygens (including phenoxy) is 2. The number of carbonyl (C=O) groups is 1. The quantitative estimate of drug-likeness (QED) is 0.648. The van der Waals surface area contributed by atoms with Crippen molar-refractivity contribution >= 4 is 21.4 Å². The normalized spacial score (nSPS) is 17.4. The van der Waals surface area contributed by atoms with Crippen molar-refractivity contribution in [3.05, 3.63) is 54.2 Å². The third-order valence-corrected chi connectivity index (χ3v) is 6.26. The summed E-state index contributed by atoms with van der Waals surface area (Å²) in [5, 5.41) is 2.88. The number of rotatable bonds is 8. The van der Waals surface area contributed by atoms with E-state index in [-0.39, 0.29) is 17.4 Å². The van der Waals surface area contributed by atoms with Crippen molar-refractivity contribution in [2.24, 2.45) is 0 Å². The minimum absolute atomic E-state index is 0.0542. The largest absolute Gasteiger partial charge is 0.475 e. The van der Waals surface area contributed by atoms with Crippen molar-refractivity contribution in [3.63, 3.8) is 0 Å². The second-order valence-corrected chi connectivity index (χ2v) is 9.02. The molecule has 1 N–H and O–H groups in total. The fraction of sp³-hybridized carbons (Fsp3) is 0.400. The maximum absolute atomic E-state index is 13.1. The van der Waals surface area contributed by atoms with Gasteiger partial charge in [-0.05, 0) is 11.6 Å². The summed E-state index contributed by atoms with van der Waals surface area (Å²) in [6, 6.07) is 12.2. The predicted octanol–water partition coefficient (Wildman–Crippen LogP) is 1.52. The number of nitrogens with zero attached hydrogens (tertiary/aromatic N) is 2. The van der Waals surface area contributed by atoms with Gasteiger partial charge in [0, 0.05) is 26.3 Å². The summed E-state index contributed by atoms with van der Waals surface area (Å²) in [6.07, 6.45) is 1.53. The first-order chi connectivity index (χ1) is 14.0. The highest BCUT2D eigenvalue weighted by molar-refractivity contribution is 7.91. The number of benzene rings is 1. The highest BCUT2D eigenvalue weighted by Crippen LogP contribution is 2.25. The molecular formula is C20H25N3O5S. The molecule has 0 aliphatic carbocycles. The molecule has 1 atom stereocenters. The number of nitrogens with one attached hydrogen (secondary N) is 1. The van der Waals surface area contributed by atoms with Crippen LogP contribution in [0.3, 0.4) is 0 Å². The van der Waals surface area contributed by atoms with Gasteiger partial charge in [-0.2, -0.15) is 0 Å². The molecule has 0 radical (unpaired) electrons. The Morgan fingerprint density at radius 2 is 1.86 bits per heavy atom. The van der Waals surface area contributed by atoms with Crippen molar-refractivity contribution in [2.45, 2.75) is 6.04 Å². The number of amides is 1. The summed E-state index contributed by atoms with van der Waals surface area (Å²) in [5.74, 6) is 0.323. The van der Waals surface area contributed by atoms with E-state index >= 15 is 0 Å². The van der Waals surface area contributed by atoms with E-state index in [1.807, 2.05) is 35.2 Å². The van der Waals surface area contributed by atoms with Crippen molar-refractivity contribution < 1.29 is 22.7 Å². The minimum Gasteiger partial charge on any atom is -0.475 e. The topological polar surface area (TPSA) is 97.8 Å². The first-order valence-electron chi connectivity index (χ1n) is 9.36. The molecule has 3 rings (SSSR count). The lowest BCUT2D eigenvalue weighted by molar-refractivity contribution is -0.121. The number of sulfone groups is 1. The van der Waals surface area contributed by atoms with Crippen molar-refractivity contribution in [1.82, 2.24) is 9.88 Å². The molecule has 1 amide bonds. The van der Waals surface area contributed by atoms with Gasteiger partial charge in [-0.1, -0.05) is 30.3 Å². The summed E-state index contributed by atoms with van der Waals surface area (Å²) < 4.78 is 33.9. The number of methoxy groups -OCH3 is 1. The Morgan fingerprint density at radius 3 is 2.48 bits per heavy atom. The first kappa shape index (κ1) is 21.2. The molecule has 8 nitrogen and oxygen atoms in total. The zero-order valence-electron chi connectivity index (χ0n) is 16.3. The molecule has 2 heterocycles. The number of hydrogen-bond donors (Lipinski definition) is 1. The second-order valence-electron chi connectivity index (χ2n) is 6.72. The van der Waals surface area contributed by atoms with E-state index in [0.29, 0.717) is 37.9 Å². The molecule has 29 heavy (non-hydrogen) atoms. The van der Waals surface area contributed by atoms with E-state index in [9.17, 15) is 13.2 Å². The van der Waals surface area contributed by atoms with Gasteiger partial charge in [0.2, 0.25) is 11.8 Å². The molecule has 1 aliphatic heterocycles. The zero-order valence-corrected chi connectivity index (χ0v) is 17.1. The van der Waals surface area contributed by atoms with E-state index in [4.69, 9.17) is 9.47 Å². The van der Waals surface area contributed by atoms with Gasteiger partial charge in [-0.15, -0.1) is 0 Å². The lowest BCUT2D eigenvalue weighted by Crippen LogP contribution is -2.46. The van der Waals surface area contributed by atoms with Crippen molar-refractivity contribution in [3.8, 4) is 5.88 Å².